The van der Waals surface area contributed by atoms with Crippen molar-refractivity contribution in [1.29, 1.82) is 0 Å². The van der Waals surface area contributed by atoms with Gasteiger partial charge in [-0.05, 0) is 46.0 Å². The van der Waals surface area contributed by atoms with Crippen molar-refractivity contribution >= 4 is 12.4 Å². The van der Waals surface area contributed by atoms with Crippen LogP contribution in [0, 0.1) is 5.92 Å². The summed E-state index contributed by atoms with van der Waals surface area (Å²) < 4.78 is 5.42. The Hall–Kier alpha value is -1.06. The minimum atomic E-state index is -0.524. The summed E-state index contributed by atoms with van der Waals surface area (Å²) in [6.45, 7) is 9.43. The van der Waals surface area contributed by atoms with Crippen LogP contribution in [0.4, 0.5) is 4.79 Å². The summed E-state index contributed by atoms with van der Waals surface area (Å²) in [6.07, 6.45) is 3.56. The van der Waals surface area contributed by atoms with Crippen LogP contribution in [0.5, 0.6) is 0 Å². The second-order valence-electron chi connectivity index (χ2n) is 6.34. The van der Waals surface area contributed by atoms with E-state index in [1.807, 2.05) is 34.6 Å². The van der Waals surface area contributed by atoms with E-state index in [1.54, 1.807) is 4.90 Å². The molecule has 104 valence electrons. The van der Waals surface area contributed by atoms with Gasteiger partial charge in [0, 0.05) is 6.04 Å². The van der Waals surface area contributed by atoms with Gasteiger partial charge in [-0.3, -0.25) is 4.90 Å². The first-order valence-corrected chi connectivity index (χ1v) is 6.73. The van der Waals surface area contributed by atoms with Gasteiger partial charge in [0.15, 0.2) is 0 Å². The fourth-order valence-electron chi connectivity index (χ4n) is 2.04. The Morgan fingerprint density at radius 3 is 2.17 bits per heavy atom. The Morgan fingerprint density at radius 2 is 1.89 bits per heavy atom. The van der Waals surface area contributed by atoms with E-state index in [9.17, 15) is 9.59 Å². The lowest BCUT2D eigenvalue weighted by Crippen LogP contribution is -2.54. The number of aldehydes is 1. The lowest BCUT2D eigenvalue weighted by atomic mass is 9.89. The number of amides is 1. The van der Waals surface area contributed by atoms with E-state index in [0.29, 0.717) is 0 Å². The maximum Gasteiger partial charge on any atom is 0.411 e. The molecule has 0 aromatic rings. The first-order valence-electron chi connectivity index (χ1n) is 6.73. The van der Waals surface area contributed by atoms with Gasteiger partial charge in [-0.2, -0.15) is 0 Å². The predicted molar refractivity (Wildman–Crippen MR) is 70.4 cm³/mol. The number of ether oxygens (including phenoxy) is 1. The Morgan fingerprint density at radius 1 is 1.33 bits per heavy atom. The number of hydrogen-bond donors (Lipinski definition) is 0. The number of nitrogens with zero attached hydrogens (tertiary/aromatic N) is 1. The summed E-state index contributed by atoms with van der Waals surface area (Å²) >= 11 is 0. The number of carbonyl (C=O) groups excluding carboxylic acids is 2. The van der Waals surface area contributed by atoms with Crippen LogP contribution in [0.25, 0.3) is 0 Å². The quantitative estimate of drug-likeness (QED) is 0.725. The molecule has 0 aromatic heterocycles. The molecule has 0 radical (unpaired) electrons. The van der Waals surface area contributed by atoms with E-state index in [4.69, 9.17) is 4.74 Å². The normalized spacial score (nSPS) is 18.1. The molecule has 0 bridgehead atoms. The van der Waals surface area contributed by atoms with Crippen LogP contribution in [0.2, 0.25) is 0 Å². The molecule has 1 aliphatic rings. The standard InChI is InChI=1S/C14H25NO3/c1-10(2)12(9-16)15(11-7-6-8-11)13(17)18-14(3,4)5/h9-12H,6-8H2,1-5H3. The molecule has 1 rings (SSSR count). The van der Waals surface area contributed by atoms with Crippen LogP contribution in [-0.2, 0) is 9.53 Å². The van der Waals surface area contributed by atoms with Gasteiger partial charge in [0.2, 0.25) is 0 Å². The van der Waals surface area contributed by atoms with E-state index < -0.39 is 5.60 Å². The van der Waals surface area contributed by atoms with Crippen molar-refractivity contribution in [1.82, 2.24) is 4.90 Å². The molecule has 1 atom stereocenters. The Labute approximate surface area is 110 Å². The zero-order valence-electron chi connectivity index (χ0n) is 12.1. The fourth-order valence-corrected chi connectivity index (χ4v) is 2.04. The predicted octanol–water partition coefficient (Wildman–Crippen LogP) is 3.00. The van der Waals surface area contributed by atoms with Crippen molar-refractivity contribution in [3.8, 4) is 0 Å². The average Bonchev–Trinajstić information content (AvgIpc) is 2.10. The van der Waals surface area contributed by atoms with Crippen LogP contribution >= 0.6 is 0 Å². The molecular weight excluding hydrogens is 230 g/mol. The van der Waals surface area contributed by atoms with E-state index in [-0.39, 0.29) is 24.1 Å². The van der Waals surface area contributed by atoms with Gasteiger partial charge in [0.1, 0.15) is 11.9 Å². The maximum absolute atomic E-state index is 12.2. The molecule has 4 nitrogen and oxygen atoms in total. The molecule has 0 aliphatic heterocycles. The summed E-state index contributed by atoms with van der Waals surface area (Å²) in [7, 11) is 0. The number of rotatable bonds is 4. The van der Waals surface area contributed by atoms with Crippen molar-refractivity contribution in [2.75, 3.05) is 0 Å². The van der Waals surface area contributed by atoms with Crippen molar-refractivity contribution in [2.24, 2.45) is 5.92 Å². The van der Waals surface area contributed by atoms with E-state index in [2.05, 4.69) is 0 Å². The maximum atomic E-state index is 12.2. The Bertz CT molecular complexity index is 303. The van der Waals surface area contributed by atoms with Crippen LogP contribution < -0.4 is 0 Å². The molecule has 1 fully saturated rings. The largest absolute Gasteiger partial charge is 0.444 e. The summed E-state index contributed by atoms with van der Waals surface area (Å²) in [5.41, 5.74) is -0.524. The highest BCUT2D eigenvalue weighted by atomic mass is 16.6. The molecule has 0 saturated heterocycles. The summed E-state index contributed by atoms with van der Waals surface area (Å²) in [5, 5.41) is 0. The second kappa shape index (κ2) is 5.72. The molecule has 0 spiro atoms. The molecule has 1 unspecified atom stereocenters. The van der Waals surface area contributed by atoms with Gasteiger partial charge in [-0.1, -0.05) is 13.8 Å². The van der Waals surface area contributed by atoms with Gasteiger partial charge in [-0.15, -0.1) is 0 Å². The molecular formula is C14H25NO3. The number of hydrogen-bond acceptors (Lipinski definition) is 3. The molecule has 4 heteroatoms. The monoisotopic (exact) mass is 255 g/mol. The molecule has 0 heterocycles. The van der Waals surface area contributed by atoms with Crippen molar-refractivity contribution < 1.29 is 14.3 Å². The zero-order chi connectivity index (χ0) is 13.9. The molecule has 0 aromatic carbocycles. The van der Waals surface area contributed by atoms with Gasteiger partial charge in [0.25, 0.3) is 0 Å². The Balaban J connectivity index is 2.83. The smallest absolute Gasteiger partial charge is 0.411 e. The highest BCUT2D eigenvalue weighted by molar-refractivity contribution is 5.74. The number of carbonyl (C=O) groups is 2. The molecule has 18 heavy (non-hydrogen) atoms. The lowest BCUT2D eigenvalue weighted by Gasteiger charge is -2.42. The van der Waals surface area contributed by atoms with Crippen molar-refractivity contribution in [3.63, 3.8) is 0 Å². The third-order valence-corrected chi connectivity index (χ3v) is 3.22. The summed E-state index contributed by atoms with van der Waals surface area (Å²) in [5.74, 6) is 0.107. The average molecular weight is 255 g/mol. The van der Waals surface area contributed by atoms with Gasteiger partial charge in [-0.25, -0.2) is 4.79 Å². The van der Waals surface area contributed by atoms with Gasteiger partial charge in [0.05, 0.1) is 6.04 Å². The first-order chi connectivity index (χ1) is 8.26. The minimum absolute atomic E-state index is 0.107. The Kier molecular flexibility index (Phi) is 4.77. The van der Waals surface area contributed by atoms with E-state index in [0.717, 1.165) is 25.5 Å². The molecule has 1 saturated carbocycles. The van der Waals surface area contributed by atoms with Crippen LogP contribution in [0.15, 0.2) is 0 Å². The van der Waals surface area contributed by atoms with Crippen molar-refractivity contribution in [3.05, 3.63) is 0 Å². The van der Waals surface area contributed by atoms with E-state index >= 15 is 0 Å². The lowest BCUT2D eigenvalue weighted by molar-refractivity contribution is -0.115. The third kappa shape index (κ3) is 3.72. The van der Waals surface area contributed by atoms with Crippen molar-refractivity contribution in [2.45, 2.75) is 71.6 Å². The summed E-state index contributed by atoms with van der Waals surface area (Å²) in [6, 6.07) is -0.220. The first kappa shape index (κ1) is 15.0. The topological polar surface area (TPSA) is 46.6 Å². The van der Waals surface area contributed by atoms with Gasteiger partial charge < -0.3 is 9.53 Å². The van der Waals surface area contributed by atoms with Crippen LogP contribution in [0.1, 0.15) is 53.9 Å². The van der Waals surface area contributed by atoms with Crippen LogP contribution in [-0.4, -0.2) is 35.0 Å². The van der Waals surface area contributed by atoms with Crippen LogP contribution in [0.3, 0.4) is 0 Å². The highest BCUT2D eigenvalue weighted by Crippen LogP contribution is 2.29. The minimum Gasteiger partial charge on any atom is -0.444 e. The third-order valence-electron chi connectivity index (χ3n) is 3.22. The fraction of sp³-hybridized carbons (Fsp3) is 0.857. The SMILES string of the molecule is CC(C)C(C=O)N(C(=O)OC(C)(C)C)C1CCC1. The van der Waals surface area contributed by atoms with Gasteiger partial charge >= 0.3 is 6.09 Å². The zero-order valence-corrected chi connectivity index (χ0v) is 12.1. The second-order valence-corrected chi connectivity index (χ2v) is 6.34. The molecule has 1 aliphatic carbocycles. The highest BCUT2D eigenvalue weighted by Gasteiger charge is 2.37. The molecule has 0 N–H and O–H groups in total. The van der Waals surface area contributed by atoms with E-state index in [1.165, 1.54) is 0 Å². The summed E-state index contributed by atoms with van der Waals surface area (Å²) in [4.78, 5) is 25.1. The molecule has 1 amide bonds.